The zero-order valence-corrected chi connectivity index (χ0v) is 19.2. The summed E-state index contributed by atoms with van der Waals surface area (Å²) in [4.78, 5) is 22.4. The molecule has 1 saturated heterocycles. The Morgan fingerprint density at radius 3 is 2.79 bits per heavy atom. The molecule has 0 saturated carbocycles. The number of morpholine rings is 1. The number of fused-ring (bicyclic) bond motifs is 2. The van der Waals surface area contributed by atoms with Gasteiger partial charge in [0, 0.05) is 26.2 Å². The Labute approximate surface area is 196 Å². The highest BCUT2D eigenvalue weighted by atomic mass is 32.1. The number of carbonyl (C=O) groups is 1. The average molecular weight is 464 g/mol. The number of nitrogens with zero attached hydrogens (tertiary/aromatic N) is 3. The summed E-state index contributed by atoms with van der Waals surface area (Å²) in [5, 5.41) is 2.84. The molecule has 1 aliphatic rings. The smallest absolute Gasteiger partial charge is 0.233 e. The summed E-state index contributed by atoms with van der Waals surface area (Å²) in [7, 11) is 0. The number of amides is 1. The molecule has 1 amide bonds. The summed E-state index contributed by atoms with van der Waals surface area (Å²) in [6.45, 7) is 4.83. The molecule has 0 unspecified atom stereocenters. The second kappa shape index (κ2) is 9.95. The quantitative estimate of drug-likeness (QED) is 0.392. The first-order valence-electron chi connectivity index (χ1n) is 11.3. The third-order valence-corrected chi connectivity index (χ3v) is 7.09. The van der Waals surface area contributed by atoms with Crippen LogP contribution in [0.4, 0.5) is 9.52 Å². The zero-order chi connectivity index (χ0) is 22.6. The van der Waals surface area contributed by atoms with Gasteiger partial charge in [0.25, 0.3) is 0 Å². The Bertz CT molecular complexity index is 1260. The van der Waals surface area contributed by atoms with Crippen molar-refractivity contribution in [3.8, 4) is 0 Å². The molecule has 5 nitrogen and oxygen atoms in total. The number of ether oxygens (including phenoxy) is 1. The number of hydrogen-bond donors (Lipinski definition) is 0. The third-order valence-electron chi connectivity index (χ3n) is 6.05. The molecular weight excluding hydrogens is 437 g/mol. The maximum absolute atomic E-state index is 13.7. The van der Waals surface area contributed by atoms with E-state index in [-0.39, 0.29) is 11.7 Å². The molecule has 0 atom stereocenters. The van der Waals surface area contributed by atoms with Gasteiger partial charge >= 0.3 is 0 Å². The fraction of sp³-hybridized carbons (Fsp3) is 0.308. The lowest BCUT2D eigenvalue weighted by atomic mass is 10.0. The molecule has 0 bridgehead atoms. The molecular formula is C26H26FN3O2S. The average Bonchev–Trinajstić information content (AvgIpc) is 3.25. The lowest BCUT2D eigenvalue weighted by Crippen LogP contribution is -2.39. The van der Waals surface area contributed by atoms with Gasteiger partial charge in [0.2, 0.25) is 5.91 Å². The number of anilines is 1. The normalized spacial score (nSPS) is 14.7. The van der Waals surface area contributed by atoms with Crippen LogP contribution >= 0.6 is 11.3 Å². The summed E-state index contributed by atoms with van der Waals surface area (Å²) in [6, 6.07) is 18.8. The number of hydrogen-bond acceptors (Lipinski definition) is 5. The Morgan fingerprint density at radius 2 is 1.91 bits per heavy atom. The molecule has 170 valence electrons. The fourth-order valence-electron chi connectivity index (χ4n) is 4.31. The van der Waals surface area contributed by atoms with Gasteiger partial charge in [-0.2, -0.15) is 0 Å². The van der Waals surface area contributed by atoms with Gasteiger partial charge in [-0.3, -0.25) is 14.6 Å². The first-order valence-corrected chi connectivity index (χ1v) is 12.1. The number of thiazole rings is 1. The van der Waals surface area contributed by atoms with Gasteiger partial charge in [0.1, 0.15) is 5.82 Å². The molecule has 0 N–H and O–H groups in total. The van der Waals surface area contributed by atoms with E-state index >= 15 is 0 Å². The van der Waals surface area contributed by atoms with Gasteiger partial charge in [-0.15, -0.1) is 0 Å². The van der Waals surface area contributed by atoms with Crippen LogP contribution in [0.25, 0.3) is 21.0 Å². The largest absolute Gasteiger partial charge is 0.379 e. The molecule has 4 aromatic rings. The number of benzene rings is 3. The Hall–Kier alpha value is -2.87. The molecule has 2 heterocycles. The van der Waals surface area contributed by atoms with Crippen molar-refractivity contribution in [3.63, 3.8) is 0 Å². The van der Waals surface area contributed by atoms with E-state index in [0.717, 1.165) is 60.3 Å². The van der Waals surface area contributed by atoms with E-state index in [1.54, 1.807) is 11.0 Å². The zero-order valence-electron chi connectivity index (χ0n) is 18.4. The number of carbonyl (C=O) groups excluding carboxylic acids is 1. The highest BCUT2D eigenvalue weighted by Gasteiger charge is 2.21. The van der Waals surface area contributed by atoms with E-state index in [0.29, 0.717) is 23.6 Å². The fourth-order valence-corrected chi connectivity index (χ4v) is 5.34. The number of aromatic nitrogens is 1. The van der Waals surface area contributed by atoms with Crippen LogP contribution in [-0.2, 0) is 16.0 Å². The Balaban J connectivity index is 1.39. The van der Waals surface area contributed by atoms with Gasteiger partial charge in [0.15, 0.2) is 5.13 Å². The Morgan fingerprint density at radius 1 is 1.09 bits per heavy atom. The second-order valence-corrected chi connectivity index (χ2v) is 9.29. The minimum atomic E-state index is -0.293. The minimum absolute atomic E-state index is 0.00728. The van der Waals surface area contributed by atoms with Crippen molar-refractivity contribution in [1.29, 1.82) is 0 Å². The van der Waals surface area contributed by atoms with E-state index in [4.69, 9.17) is 4.74 Å². The van der Waals surface area contributed by atoms with Crippen LogP contribution in [0.15, 0.2) is 60.7 Å². The lowest BCUT2D eigenvalue weighted by molar-refractivity contribution is -0.118. The van der Waals surface area contributed by atoms with E-state index in [1.807, 2.05) is 24.3 Å². The van der Waals surface area contributed by atoms with Crippen molar-refractivity contribution in [2.45, 2.75) is 12.8 Å². The predicted octanol–water partition coefficient (Wildman–Crippen LogP) is 4.89. The molecule has 33 heavy (non-hydrogen) atoms. The standard InChI is InChI=1S/C26H26FN3O2S/c27-21-9-10-23-24(18-21)33-26(28-23)30(12-4-11-29-13-15-32-16-14-29)25(31)17-20-7-3-6-19-5-1-2-8-22(19)20/h1-3,5-10,18H,4,11-17H2. The first kappa shape index (κ1) is 21.9. The minimum Gasteiger partial charge on any atom is -0.379 e. The monoisotopic (exact) mass is 463 g/mol. The van der Waals surface area contributed by atoms with Crippen LogP contribution in [0.1, 0.15) is 12.0 Å². The first-order chi connectivity index (χ1) is 16.2. The van der Waals surface area contributed by atoms with Crippen molar-refractivity contribution in [2.24, 2.45) is 0 Å². The molecule has 7 heteroatoms. The van der Waals surface area contributed by atoms with Crippen molar-refractivity contribution in [3.05, 3.63) is 72.0 Å². The maximum atomic E-state index is 13.7. The molecule has 1 aliphatic heterocycles. The van der Waals surface area contributed by atoms with Crippen molar-refractivity contribution < 1.29 is 13.9 Å². The van der Waals surface area contributed by atoms with Gasteiger partial charge in [-0.25, -0.2) is 9.37 Å². The van der Waals surface area contributed by atoms with Crippen molar-refractivity contribution in [2.75, 3.05) is 44.3 Å². The van der Waals surface area contributed by atoms with Crippen LogP contribution in [0.2, 0.25) is 0 Å². The molecule has 0 spiro atoms. The van der Waals surface area contributed by atoms with Gasteiger partial charge in [0.05, 0.1) is 29.9 Å². The van der Waals surface area contributed by atoms with E-state index in [1.165, 1.54) is 23.5 Å². The lowest BCUT2D eigenvalue weighted by Gasteiger charge is -2.27. The summed E-state index contributed by atoms with van der Waals surface area (Å²) < 4.78 is 19.9. The number of rotatable bonds is 7. The van der Waals surface area contributed by atoms with Crippen LogP contribution in [0.5, 0.6) is 0 Å². The van der Waals surface area contributed by atoms with Gasteiger partial charge in [-0.1, -0.05) is 53.8 Å². The second-order valence-electron chi connectivity index (χ2n) is 8.28. The highest BCUT2D eigenvalue weighted by Crippen LogP contribution is 2.30. The summed E-state index contributed by atoms with van der Waals surface area (Å²) in [5.41, 5.74) is 1.72. The van der Waals surface area contributed by atoms with Crippen molar-refractivity contribution >= 4 is 43.4 Å². The van der Waals surface area contributed by atoms with Crippen LogP contribution < -0.4 is 4.90 Å². The SMILES string of the molecule is O=C(Cc1cccc2ccccc12)N(CCCN1CCOCC1)c1nc2ccc(F)cc2s1. The molecule has 1 aromatic heterocycles. The van der Waals surface area contributed by atoms with Crippen LogP contribution in [0, 0.1) is 5.82 Å². The molecule has 5 rings (SSSR count). The highest BCUT2D eigenvalue weighted by molar-refractivity contribution is 7.22. The van der Waals surface area contributed by atoms with E-state index in [9.17, 15) is 9.18 Å². The summed E-state index contributed by atoms with van der Waals surface area (Å²) in [5.74, 6) is -0.286. The molecule has 3 aromatic carbocycles. The van der Waals surface area contributed by atoms with Crippen molar-refractivity contribution in [1.82, 2.24) is 9.88 Å². The topological polar surface area (TPSA) is 45.7 Å². The predicted molar refractivity (Wildman–Crippen MR) is 131 cm³/mol. The molecule has 0 aliphatic carbocycles. The van der Waals surface area contributed by atoms with E-state index in [2.05, 4.69) is 28.1 Å². The van der Waals surface area contributed by atoms with Crippen LogP contribution in [-0.4, -0.2) is 55.2 Å². The summed E-state index contributed by atoms with van der Waals surface area (Å²) in [6.07, 6.45) is 1.13. The van der Waals surface area contributed by atoms with Gasteiger partial charge in [-0.05, 0) is 41.0 Å². The maximum Gasteiger partial charge on any atom is 0.233 e. The third kappa shape index (κ3) is 5.05. The molecule has 0 radical (unpaired) electrons. The number of halogens is 1. The molecule has 1 fully saturated rings. The van der Waals surface area contributed by atoms with Gasteiger partial charge < -0.3 is 4.74 Å². The summed E-state index contributed by atoms with van der Waals surface area (Å²) >= 11 is 1.37. The van der Waals surface area contributed by atoms with Crippen LogP contribution in [0.3, 0.4) is 0 Å². The Kier molecular flexibility index (Phi) is 6.62. The van der Waals surface area contributed by atoms with E-state index < -0.39 is 0 Å².